The number of carbonyl (C=O) groups excluding carboxylic acids is 1. The quantitative estimate of drug-likeness (QED) is 0.737. The van der Waals surface area contributed by atoms with Crippen LogP contribution in [0.2, 0.25) is 0 Å². The predicted octanol–water partition coefficient (Wildman–Crippen LogP) is 2.86. The van der Waals surface area contributed by atoms with Crippen LogP contribution in [-0.2, 0) is 4.79 Å². The van der Waals surface area contributed by atoms with E-state index in [-0.39, 0.29) is 17.4 Å². The van der Waals surface area contributed by atoms with Gasteiger partial charge in [-0.1, -0.05) is 19.8 Å². The zero-order chi connectivity index (χ0) is 12.3. The van der Waals surface area contributed by atoms with E-state index in [9.17, 15) is 4.79 Å². The van der Waals surface area contributed by atoms with Crippen molar-refractivity contribution in [3.8, 4) is 6.07 Å². The highest BCUT2D eigenvalue weighted by Gasteiger charge is 2.43. The van der Waals surface area contributed by atoms with Gasteiger partial charge in [0.15, 0.2) is 0 Å². The number of carbonyl (C=O) groups is 1. The Morgan fingerprint density at radius 2 is 2.06 bits per heavy atom. The summed E-state index contributed by atoms with van der Waals surface area (Å²) in [6, 6.07) is 2.14. The molecule has 2 rings (SSSR count). The Bertz CT molecular complexity index is 326. The summed E-state index contributed by atoms with van der Waals surface area (Å²) in [5.41, 5.74) is -0.132. The lowest BCUT2D eigenvalue weighted by Gasteiger charge is -2.38. The molecule has 2 fully saturated rings. The topological polar surface area (TPSA) is 44.1 Å². The van der Waals surface area contributed by atoms with Crippen molar-refractivity contribution in [2.45, 2.75) is 64.3 Å². The fourth-order valence-electron chi connectivity index (χ4n) is 3.38. The Hall–Kier alpha value is -1.04. The van der Waals surface area contributed by atoms with E-state index in [0.717, 1.165) is 45.1 Å². The van der Waals surface area contributed by atoms with E-state index < -0.39 is 0 Å². The van der Waals surface area contributed by atoms with Crippen molar-refractivity contribution >= 4 is 5.91 Å². The van der Waals surface area contributed by atoms with Crippen LogP contribution in [0.25, 0.3) is 0 Å². The van der Waals surface area contributed by atoms with Crippen molar-refractivity contribution in [3.05, 3.63) is 0 Å². The summed E-state index contributed by atoms with van der Waals surface area (Å²) < 4.78 is 0. The fourth-order valence-corrected chi connectivity index (χ4v) is 3.38. The van der Waals surface area contributed by atoms with Crippen LogP contribution >= 0.6 is 0 Å². The third kappa shape index (κ3) is 2.18. The molecule has 17 heavy (non-hydrogen) atoms. The number of rotatable bonds is 2. The maximum Gasteiger partial charge on any atom is 0.229 e. The first kappa shape index (κ1) is 12.4. The molecule has 0 radical (unpaired) electrons. The van der Waals surface area contributed by atoms with Crippen LogP contribution in [0.5, 0.6) is 0 Å². The Morgan fingerprint density at radius 3 is 2.65 bits per heavy atom. The van der Waals surface area contributed by atoms with E-state index in [1.807, 2.05) is 4.90 Å². The van der Waals surface area contributed by atoms with Gasteiger partial charge in [0.2, 0.25) is 5.91 Å². The van der Waals surface area contributed by atoms with Gasteiger partial charge in [-0.25, -0.2) is 0 Å². The van der Waals surface area contributed by atoms with Gasteiger partial charge in [0.05, 0.1) is 6.07 Å². The second-order valence-electron chi connectivity index (χ2n) is 5.48. The van der Waals surface area contributed by atoms with E-state index in [1.54, 1.807) is 0 Å². The van der Waals surface area contributed by atoms with Gasteiger partial charge in [0.25, 0.3) is 0 Å². The van der Waals surface area contributed by atoms with Gasteiger partial charge < -0.3 is 4.90 Å². The largest absolute Gasteiger partial charge is 0.326 e. The lowest BCUT2D eigenvalue weighted by molar-refractivity contribution is -0.144. The van der Waals surface area contributed by atoms with E-state index in [2.05, 4.69) is 13.0 Å². The summed E-state index contributed by atoms with van der Waals surface area (Å²) in [5.74, 6) is 0.267. The summed E-state index contributed by atoms with van der Waals surface area (Å²) in [7, 11) is 0. The van der Waals surface area contributed by atoms with Gasteiger partial charge in [-0.2, -0.15) is 5.26 Å². The second-order valence-corrected chi connectivity index (χ2v) is 5.48. The highest BCUT2D eigenvalue weighted by Crippen LogP contribution is 2.43. The van der Waals surface area contributed by atoms with Gasteiger partial charge in [-0.3, -0.25) is 4.79 Å². The number of nitrogens with zero attached hydrogens (tertiary/aromatic N) is 2. The van der Waals surface area contributed by atoms with Crippen LogP contribution in [-0.4, -0.2) is 23.4 Å². The Kier molecular flexibility index (Phi) is 3.71. The summed E-state index contributed by atoms with van der Waals surface area (Å²) in [5, 5.41) is 9.17. The average molecular weight is 234 g/mol. The lowest BCUT2D eigenvalue weighted by atomic mass is 9.81. The molecule has 1 heterocycles. The smallest absolute Gasteiger partial charge is 0.229 e. The van der Waals surface area contributed by atoms with Crippen molar-refractivity contribution in [3.63, 3.8) is 0 Å². The Balaban J connectivity index is 2.15. The third-order valence-corrected chi connectivity index (χ3v) is 4.60. The monoisotopic (exact) mass is 234 g/mol. The number of nitriles is 1. The van der Waals surface area contributed by atoms with Crippen LogP contribution in [0, 0.1) is 16.7 Å². The van der Waals surface area contributed by atoms with Gasteiger partial charge in [-0.15, -0.1) is 0 Å². The molecule has 1 aliphatic carbocycles. The molecule has 1 saturated heterocycles. The van der Waals surface area contributed by atoms with Crippen molar-refractivity contribution in [2.75, 3.05) is 6.54 Å². The van der Waals surface area contributed by atoms with Crippen LogP contribution in [0.15, 0.2) is 0 Å². The van der Waals surface area contributed by atoms with Crippen LogP contribution in [0.3, 0.4) is 0 Å². The average Bonchev–Trinajstić information content (AvgIpc) is 2.88. The summed E-state index contributed by atoms with van der Waals surface area (Å²) in [6.45, 7) is 2.91. The van der Waals surface area contributed by atoms with Crippen molar-refractivity contribution in [1.29, 1.82) is 5.26 Å². The fraction of sp³-hybridized carbons (Fsp3) is 0.857. The lowest BCUT2D eigenvalue weighted by Crippen LogP contribution is -2.49. The van der Waals surface area contributed by atoms with E-state index in [0.29, 0.717) is 0 Å². The molecule has 0 aromatic rings. The standard InChI is InChI=1S/C14H22N2O/c1-2-14(8-4-5-9-14)13(17)16-10-6-3-7-12(16)11-15/h12H,2-10H2,1H3. The molecule has 0 bridgehead atoms. The molecule has 3 heteroatoms. The van der Waals surface area contributed by atoms with Gasteiger partial charge in [-0.05, 0) is 38.5 Å². The summed E-state index contributed by atoms with van der Waals surface area (Å²) in [6.07, 6.45) is 8.33. The van der Waals surface area contributed by atoms with E-state index >= 15 is 0 Å². The Morgan fingerprint density at radius 1 is 1.35 bits per heavy atom. The molecule has 0 N–H and O–H groups in total. The third-order valence-electron chi connectivity index (χ3n) is 4.60. The molecule has 3 nitrogen and oxygen atoms in total. The number of hydrogen-bond acceptors (Lipinski definition) is 2. The molecular formula is C14H22N2O. The first-order chi connectivity index (χ1) is 8.23. The number of amides is 1. The van der Waals surface area contributed by atoms with Gasteiger partial charge in [0, 0.05) is 12.0 Å². The molecule has 1 atom stereocenters. The Labute approximate surface area is 104 Å². The molecular weight excluding hydrogens is 212 g/mol. The molecule has 1 unspecified atom stereocenters. The molecule has 2 aliphatic rings. The highest BCUT2D eigenvalue weighted by molar-refractivity contribution is 5.83. The molecule has 0 aromatic carbocycles. The molecule has 94 valence electrons. The molecule has 0 spiro atoms. The first-order valence-corrected chi connectivity index (χ1v) is 6.94. The minimum Gasteiger partial charge on any atom is -0.326 e. The van der Waals surface area contributed by atoms with Crippen molar-refractivity contribution in [2.24, 2.45) is 5.41 Å². The number of hydrogen-bond donors (Lipinski definition) is 0. The summed E-state index contributed by atoms with van der Waals surface area (Å²) >= 11 is 0. The van der Waals surface area contributed by atoms with E-state index in [1.165, 1.54) is 12.8 Å². The van der Waals surface area contributed by atoms with Crippen LogP contribution in [0.1, 0.15) is 58.3 Å². The van der Waals surface area contributed by atoms with Gasteiger partial charge in [0.1, 0.15) is 6.04 Å². The maximum atomic E-state index is 12.7. The minimum atomic E-state index is -0.166. The molecule has 0 aromatic heterocycles. The van der Waals surface area contributed by atoms with E-state index in [4.69, 9.17) is 5.26 Å². The molecule has 1 amide bonds. The van der Waals surface area contributed by atoms with Gasteiger partial charge >= 0.3 is 0 Å². The number of piperidine rings is 1. The van der Waals surface area contributed by atoms with Crippen molar-refractivity contribution < 1.29 is 4.79 Å². The zero-order valence-corrected chi connectivity index (χ0v) is 10.7. The predicted molar refractivity (Wildman–Crippen MR) is 66.2 cm³/mol. The normalized spacial score (nSPS) is 27.8. The summed E-state index contributed by atoms with van der Waals surface area (Å²) in [4.78, 5) is 14.6. The zero-order valence-electron chi connectivity index (χ0n) is 10.7. The molecule has 1 saturated carbocycles. The van der Waals surface area contributed by atoms with Crippen LogP contribution < -0.4 is 0 Å². The van der Waals surface area contributed by atoms with Crippen molar-refractivity contribution in [1.82, 2.24) is 4.90 Å². The SMILES string of the molecule is CCC1(C(=O)N2CCCCC2C#N)CCCC1. The number of likely N-dealkylation sites (tertiary alicyclic amines) is 1. The first-order valence-electron chi connectivity index (χ1n) is 6.94. The minimum absolute atomic E-state index is 0.132. The molecule has 1 aliphatic heterocycles. The maximum absolute atomic E-state index is 12.7. The van der Waals surface area contributed by atoms with Crippen LogP contribution in [0.4, 0.5) is 0 Å². The highest BCUT2D eigenvalue weighted by atomic mass is 16.2. The second kappa shape index (κ2) is 5.08.